The maximum absolute atomic E-state index is 12.3. The highest BCUT2D eigenvalue weighted by molar-refractivity contribution is 5.95. The number of nitrogens with zero attached hydrogens (tertiary/aromatic N) is 1. The third-order valence-corrected chi connectivity index (χ3v) is 4.44. The number of ether oxygens (including phenoxy) is 3. The molecule has 0 radical (unpaired) electrons. The van der Waals surface area contributed by atoms with Crippen molar-refractivity contribution in [2.24, 2.45) is 0 Å². The zero-order valence-corrected chi connectivity index (χ0v) is 14.3. The van der Waals surface area contributed by atoms with Crippen molar-refractivity contribution in [2.75, 3.05) is 26.3 Å². The second-order valence-electron chi connectivity index (χ2n) is 6.02. The lowest BCUT2D eigenvalue weighted by Gasteiger charge is -2.06. The van der Waals surface area contributed by atoms with E-state index in [2.05, 4.69) is 5.32 Å². The number of methoxy groups -OCH3 is 1. The number of nitrogens with one attached hydrogen (secondary N) is 1. The van der Waals surface area contributed by atoms with E-state index >= 15 is 0 Å². The van der Waals surface area contributed by atoms with E-state index in [1.165, 1.54) is 0 Å². The first-order valence-corrected chi connectivity index (χ1v) is 8.26. The van der Waals surface area contributed by atoms with Crippen LogP contribution < -0.4 is 25.4 Å². The summed E-state index contributed by atoms with van der Waals surface area (Å²) in [6.45, 7) is 0.677. The molecule has 1 aliphatic rings. The van der Waals surface area contributed by atoms with E-state index in [0.29, 0.717) is 30.0 Å². The van der Waals surface area contributed by atoms with Crippen LogP contribution in [0.5, 0.6) is 17.2 Å². The predicted octanol–water partition coefficient (Wildman–Crippen LogP) is 2.06. The Morgan fingerprint density at radius 1 is 1.23 bits per heavy atom. The molecule has 7 nitrogen and oxygen atoms in total. The van der Waals surface area contributed by atoms with Crippen molar-refractivity contribution in [1.82, 2.24) is 9.99 Å². The maximum atomic E-state index is 12.3. The standard InChI is InChI=1S/C19H19N3O4/c1-24-14-3-4-16-15(9-14)13(10-22(16)20)6-7-21-19(23)12-2-5-17-18(8-12)26-11-25-17/h2-5,8-10H,6-7,11,20H2,1H3,(H,21,23). The first kappa shape index (κ1) is 16.1. The van der Waals surface area contributed by atoms with Crippen molar-refractivity contribution < 1.29 is 19.0 Å². The minimum absolute atomic E-state index is 0.155. The average molecular weight is 353 g/mol. The van der Waals surface area contributed by atoms with Crippen LogP contribution in [0.1, 0.15) is 15.9 Å². The van der Waals surface area contributed by atoms with Crippen LogP contribution in [0.2, 0.25) is 0 Å². The topological polar surface area (TPSA) is 87.7 Å². The molecule has 0 unspecified atom stereocenters. The zero-order chi connectivity index (χ0) is 18.1. The van der Waals surface area contributed by atoms with Gasteiger partial charge in [0.05, 0.1) is 12.6 Å². The van der Waals surface area contributed by atoms with Gasteiger partial charge >= 0.3 is 0 Å². The van der Waals surface area contributed by atoms with Crippen molar-refractivity contribution in [3.05, 3.63) is 53.7 Å². The molecule has 0 saturated carbocycles. The molecule has 0 aliphatic carbocycles. The largest absolute Gasteiger partial charge is 0.497 e. The van der Waals surface area contributed by atoms with E-state index < -0.39 is 0 Å². The van der Waals surface area contributed by atoms with E-state index in [4.69, 9.17) is 20.1 Å². The molecule has 1 amide bonds. The Balaban J connectivity index is 1.44. The maximum Gasteiger partial charge on any atom is 0.251 e. The van der Waals surface area contributed by atoms with Crippen molar-refractivity contribution in [1.29, 1.82) is 0 Å². The molecule has 0 atom stereocenters. The molecule has 4 rings (SSSR count). The molecule has 134 valence electrons. The number of carbonyl (C=O) groups excluding carboxylic acids is 1. The smallest absolute Gasteiger partial charge is 0.251 e. The Kier molecular flexibility index (Phi) is 4.04. The molecule has 3 aromatic rings. The zero-order valence-electron chi connectivity index (χ0n) is 14.3. The average Bonchev–Trinajstić information content (AvgIpc) is 3.25. The van der Waals surface area contributed by atoms with Crippen molar-refractivity contribution in [2.45, 2.75) is 6.42 Å². The highest BCUT2D eigenvalue weighted by Gasteiger charge is 2.16. The number of nitrogens with two attached hydrogens (primary N) is 1. The summed E-state index contributed by atoms with van der Waals surface area (Å²) in [7, 11) is 1.63. The number of hydrogen-bond donors (Lipinski definition) is 2. The van der Waals surface area contributed by atoms with Gasteiger partial charge in [-0.3, -0.25) is 9.47 Å². The molecule has 0 spiro atoms. The van der Waals surface area contributed by atoms with Gasteiger partial charge in [-0.1, -0.05) is 0 Å². The summed E-state index contributed by atoms with van der Waals surface area (Å²) >= 11 is 0. The van der Waals surface area contributed by atoms with E-state index in [1.807, 2.05) is 24.4 Å². The molecule has 3 N–H and O–H groups in total. The van der Waals surface area contributed by atoms with Gasteiger partial charge in [0.1, 0.15) is 5.75 Å². The van der Waals surface area contributed by atoms with Crippen LogP contribution in [-0.2, 0) is 6.42 Å². The summed E-state index contributed by atoms with van der Waals surface area (Å²) in [4.78, 5) is 12.3. The number of carbonyl (C=O) groups is 1. The number of fused-ring (bicyclic) bond motifs is 2. The monoisotopic (exact) mass is 353 g/mol. The van der Waals surface area contributed by atoms with Gasteiger partial charge in [-0.2, -0.15) is 0 Å². The van der Waals surface area contributed by atoms with Crippen LogP contribution in [0.25, 0.3) is 10.9 Å². The number of aromatic nitrogens is 1. The number of hydrogen-bond acceptors (Lipinski definition) is 5. The Hall–Kier alpha value is -3.35. The number of amides is 1. The molecule has 26 heavy (non-hydrogen) atoms. The Bertz CT molecular complexity index is 980. The van der Waals surface area contributed by atoms with Crippen LogP contribution in [0, 0.1) is 0 Å². The van der Waals surface area contributed by atoms with Crippen LogP contribution >= 0.6 is 0 Å². The lowest BCUT2D eigenvalue weighted by molar-refractivity contribution is 0.0953. The Morgan fingerprint density at radius 3 is 2.92 bits per heavy atom. The Morgan fingerprint density at radius 2 is 2.08 bits per heavy atom. The van der Waals surface area contributed by atoms with Gasteiger partial charge in [-0.25, -0.2) is 0 Å². The van der Waals surface area contributed by atoms with Gasteiger partial charge in [-0.05, 0) is 48.4 Å². The normalized spacial score (nSPS) is 12.3. The second kappa shape index (κ2) is 6.51. The van der Waals surface area contributed by atoms with Crippen molar-refractivity contribution >= 4 is 16.8 Å². The molecule has 1 aromatic heterocycles. The predicted molar refractivity (Wildman–Crippen MR) is 97.2 cm³/mol. The van der Waals surface area contributed by atoms with Gasteiger partial charge < -0.3 is 25.4 Å². The summed E-state index contributed by atoms with van der Waals surface area (Å²) in [6, 6.07) is 10.9. The summed E-state index contributed by atoms with van der Waals surface area (Å²) in [6.07, 6.45) is 2.53. The fraction of sp³-hybridized carbons (Fsp3) is 0.211. The van der Waals surface area contributed by atoms with Crippen LogP contribution in [-0.4, -0.2) is 31.0 Å². The molecular formula is C19H19N3O4. The summed E-state index contributed by atoms with van der Waals surface area (Å²) in [5.41, 5.74) is 2.51. The molecule has 0 bridgehead atoms. The summed E-state index contributed by atoms with van der Waals surface area (Å²) in [5.74, 6) is 7.88. The number of nitrogen functional groups attached to an aromatic ring is 1. The van der Waals surface area contributed by atoms with Gasteiger partial charge in [-0.15, -0.1) is 0 Å². The minimum atomic E-state index is -0.155. The molecule has 0 fully saturated rings. The van der Waals surface area contributed by atoms with Crippen LogP contribution in [0.4, 0.5) is 0 Å². The number of rotatable bonds is 5. The quantitative estimate of drug-likeness (QED) is 0.686. The third kappa shape index (κ3) is 2.88. The molecule has 2 heterocycles. The van der Waals surface area contributed by atoms with Crippen molar-refractivity contribution in [3.8, 4) is 17.2 Å². The first-order chi connectivity index (χ1) is 12.7. The lowest BCUT2D eigenvalue weighted by atomic mass is 10.1. The highest BCUT2D eigenvalue weighted by atomic mass is 16.7. The first-order valence-electron chi connectivity index (χ1n) is 8.26. The van der Waals surface area contributed by atoms with Gasteiger partial charge in [0.25, 0.3) is 5.91 Å². The summed E-state index contributed by atoms with van der Waals surface area (Å²) in [5, 5.41) is 3.94. The fourth-order valence-corrected chi connectivity index (χ4v) is 3.08. The van der Waals surface area contributed by atoms with E-state index in [0.717, 1.165) is 22.2 Å². The third-order valence-electron chi connectivity index (χ3n) is 4.44. The second-order valence-corrected chi connectivity index (χ2v) is 6.02. The van der Waals surface area contributed by atoms with E-state index in [9.17, 15) is 4.79 Å². The van der Waals surface area contributed by atoms with Gasteiger partial charge in [0, 0.05) is 23.7 Å². The SMILES string of the molecule is COc1ccc2c(c1)c(CCNC(=O)c1ccc3c(c1)OCO3)cn2N. The molecule has 0 saturated heterocycles. The molecular weight excluding hydrogens is 334 g/mol. The Labute approximate surface area is 150 Å². The lowest BCUT2D eigenvalue weighted by Crippen LogP contribution is -2.25. The number of benzene rings is 2. The van der Waals surface area contributed by atoms with E-state index in [1.54, 1.807) is 30.0 Å². The molecule has 7 heteroatoms. The summed E-state index contributed by atoms with van der Waals surface area (Å²) < 4.78 is 17.4. The van der Waals surface area contributed by atoms with Crippen molar-refractivity contribution in [3.63, 3.8) is 0 Å². The fourth-order valence-electron chi connectivity index (χ4n) is 3.08. The minimum Gasteiger partial charge on any atom is -0.497 e. The van der Waals surface area contributed by atoms with Crippen LogP contribution in [0.15, 0.2) is 42.6 Å². The van der Waals surface area contributed by atoms with E-state index in [-0.39, 0.29) is 12.7 Å². The molecule has 2 aromatic carbocycles. The van der Waals surface area contributed by atoms with Gasteiger partial charge in [0.15, 0.2) is 11.5 Å². The highest BCUT2D eigenvalue weighted by Crippen LogP contribution is 2.32. The molecule has 1 aliphatic heterocycles. The van der Waals surface area contributed by atoms with Gasteiger partial charge in [0.2, 0.25) is 6.79 Å². The van der Waals surface area contributed by atoms with Crippen LogP contribution in [0.3, 0.4) is 0 Å².